The summed E-state index contributed by atoms with van der Waals surface area (Å²) < 4.78 is 0. The van der Waals surface area contributed by atoms with Crippen molar-refractivity contribution in [1.29, 1.82) is 0 Å². The van der Waals surface area contributed by atoms with E-state index >= 15 is 0 Å². The Labute approximate surface area is 112 Å². The van der Waals surface area contributed by atoms with Crippen LogP contribution in [0.15, 0.2) is 48.5 Å². The number of hydrogen-bond acceptors (Lipinski definition) is 0. The first-order chi connectivity index (χ1) is 8.03. The lowest BCUT2D eigenvalue weighted by Crippen LogP contribution is -2.19. The van der Waals surface area contributed by atoms with Crippen LogP contribution < -0.4 is 0 Å². The van der Waals surface area contributed by atoms with Crippen molar-refractivity contribution < 1.29 is 0 Å². The molecule has 0 spiro atoms. The fourth-order valence-electron chi connectivity index (χ4n) is 2.08. The van der Waals surface area contributed by atoms with Gasteiger partial charge in [-0.05, 0) is 23.3 Å². The number of hydrogen-bond donors (Lipinski definition) is 0. The Morgan fingerprint density at radius 2 is 1.06 bits per heavy atom. The van der Waals surface area contributed by atoms with E-state index in [2.05, 4.69) is 13.8 Å². The second-order valence-electron chi connectivity index (χ2n) is 4.58. The molecule has 0 atom stereocenters. The quantitative estimate of drug-likeness (QED) is 0.689. The van der Waals surface area contributed by atoms with Crippen LogP contribution in [-0.4, -0.2) is 0 Å². The van der Waals surface area contributed by atoms with Crippen LogP contribution in [0.3, 0.4) is 0 Å². The van der Waals surface area contributed by atoms with Crippen molar-refractivity contribution in [3.63, 3.8) is 0 Å². The van der Waals surface area contributed by atoms with Crippen molar-refractivity contribution in [2.45, 2.75) is 19.3 Å². The van der Waals surface area contributed by atoms with Gasteiger partial charge in [0.05, 0.1) is 0 Å². The lowest BCUT2D eigenvalue weighted by atomic mass is 9.78. The van der Waals surface area contributed by atoms with Crippen LogP contribution in [-0.2, 0) is 5.41 Å². The summed E-state index contributed by atoms with van der Waals surface area (Å²) in [6.07, 6.45) is 0. The fraction of sp³-hybridized carbons (Fsp3) is 0.200. The average Bonchev–Trinajstić information content (AvgIpc) is 2.29. The number of benzene rings is 2. The molecule has 2 rings (SSSR count). The van der Waals surface area contributed by atoms with E-state index in [0.29, 0.717) is 0 Å². The van der Waals surface area contributed by atoms with E-state index < -0.39 is 0 Å². The topological polar surface area (TPSA) is 0 Å². The van der Waals surface area contributed by atoms with Gasteiger partial charge in [-0.25, -0.2) is 0 Å². The summed E-state index contributed by atoms with van der Waals surface area (Å²) in [4.78, 5) is 0. The maximum absolute atomic E-state index is 6.27. The molecule has 0 N–H and O–H groups in total. The predicted octanol–water partition coefficient (Wildman–Crippen LogP) is 5.32. The molecule has 17 heavy (non-hydrogen) atoms. The summed E-state index contributed by atoms with van der Waals surface area (Å²) in [5, 5.41) is 1.55. The van der Waals surface area contributed by atoms with E-state index in [9.17, 15) is 0 Å². The van der Waals surface area contributed by atoms with Crippen molar-refractivity contribution >= 4 is 23.2 Å². The first-order valence-corrected chi connectivity index (χ1v) is 6.29. The van der Waals surface area contributed by atoms with E-state index in [1.807, 2.05) is 48.5 Å². The van der Waals surface area contributed by atoms with Crippen LogP contribution >= 0.6 is 23.2 Å². The fourth-order valence-corrected chi connectivity index (χ4v) is 2.83. The van der Waals surface area contributed by atoms with Gasteiger partial charge in [0.15, 0.2) is 0 Å². The summed E-state index contributed by atoms with van der Waals surface area (Å²) in [7, 11) is 0. The van der Waals surface area contributed by atoms with Crippen molar-refractivity contribution in [1.82, 2.24) is 0 Å². The van der Waals surface area contributed by atoms with Crippen LogP contribution in [0, 0.1) is 0 Å². The Hall–Kier alpha value is -0.980. The minimum atomic E-state index is -0.198. The van der Waals surface area contributed by atoms with E-state index in [1.165, 1.54) is 0 Å². The van der Waals surface area contributed by atoms with E-state index in [0.717, 1.165) is 21.2 Å². The monoisotopic (exact) mass is 264 g/mol. The third-order valence-electron chi connectivity index (χ3n) is 3.09. The smallest absolute Gasteiger partial charge is 0.0446 e. The van der Waals surface area contributed by atoms with Crippen LogP contribution in [0.2, 0.25) is 10.0 Å². The predicted molar refractivity (Wildman–Crippen MR) is 75.0 cm³/mol. The molecule has 0 radical (unpaired) electrons. The molecule has 0 nitrogen and oxygen atoms in total. The van der Waals surface area contributed by atoms with Gasteiger partial charge in [0.1, 0.15) is 0 Å². The zero-order chi connectivity index (χ0) is 12.5. The lowest BCUT2D eigenvalue weighted by Gasteiger charge is -2.28. The number of rotatable bonds is 2. The highest BCUT2D eigenvalue weighted by Gasteiger charge is 2.27. The normalized spacial score (nSPS) is 11.5. The lowest BCUT2D eigenvalue weighted by molar-refractivity contribution is 0.641. The second kappa shape index (κ2) is 4.72. The van der Waals surface area contributed by atoms with Crippen LogP contribution in [0.4, 0.5) is 0 Å². The molecule has 0 saturated heterocycles. The van der Waals surface area contributed by atoms with Gasteiger partial charge in [0.2, 0.25) is 0 Å². The minimum Gasteiger partial charge on any atom is -0.0840 e. The third kappa shape index (κ3) is 2.34. The van der Waals surface area contributed by atoms with Crippen LogP contribution in [0.25, 0.3) is 0 Å². The molecule has 2 heteroatoms. The molecule has 0 saturated carbocycles. The van der Waals surface area contributed by atoms with Gasteiger partial charge in [-0.2, -0.15) is 0 Å². The van der Waals surface area contributed by atoms with E-state index in [1.54, 1.807) is 0 Å². The Kier molecular flexibility index (Phi) is 3.46. The zero-order valence-electron chi connectivity index (χ0n) is 9.87. The zero-order valence-corrected chi connectivity index (χ0v) is 11.4. The van der Waals surface area contributed by atoms with Gasteiger partial charge in [-0.1, -0.05) is 73.4 Å². The molecule has 0 unspecified atom stereocenters. The Bertz CT molecular complexity index is 482. The SMILES string of the molecule is CC(C)(c1ccccc1Cl)c1ccccc1Cl. The molecule has 0 aliphatic carbocycles. The Morgan fingerprint density at radius 3 is 1.41 bits per heavy atom. The molecule has 0 aliphatic rings. The third-order valence-corrected chi connectivity index (χ3v) is 3.75. The van der Waals surface area contributed by atoms with E-state index in [4.69, 9.17) is 23.2 Å². The minimum absolute atomic E-state index is 0.198. The highest BCUT2D eigenvalue weighted by Crippen LogP contribution is 2.38. The summed E-state index contributed by atoms with van der Waals surface area (Å²) in [5.41, 5.74) is 1.99. The Morgan fingerprint density at radius 1 is 0.706 bits per heavy atom. The molecule has 0 aliphatic heterocycles. The second-order valence-corrected chi connectivity index (χ2v) is 5.40. The first-order valence-electron chi connectivity index (χ1n) is 5.53. The van der Waals surface area contributed by atoms with Gasteiger partial charge < -0.3 is 0 Å². The van der Waals surface area contributed by atoms with Crippen LogP contribution in [0.1, 0.15) is 25.0 Å². The molecule has 0 aromatic heterocycles. The van der Waals surface area contributed by atoms with Crippen molar-refractivity contribution in [2.24, 2.45) is 0 Å². The molecule has 2 aromatic carbocycles. The molecule has 0 fully saturated rings. The summed E-state index contributed by atoms with van der Waals surface area (Å²) in [5.74, 6) is 0. The highest BCUT2D eigenvalue weighted by atomic mass is 35.5. The first kappa shape index (κ1) is 12.5. The van der Waals surface area contributed by atoms with Gasteiger partial charge >= 0.3 is 0 Å². The summed E-state index contributed by atoms with van der Waals surface area (Å²) in [6.45, 7) is 4.27. The van der Waals surface area contributed by atoms with Crippen molar-refractivity contribution in [3.8, 4) is 0 Å². The standard InChI is InChI=1S/C15H14Cl2/c1-15(2,11-7-3-5-9-13(11)16)12-8-4-6-10-14(12)17/h3-10H,1-2H3. The molecule has 0 amide bonds. The number of halogens is 2. The molecular formula is C15H14Cl2. The van der Waals surface area contributed by atoms with Gasteiger partial charge in [0, 0.05) is 15.5 Å². The molecule has 88 valence electrons. The van der Waals surface area contributed by atoms with Gasteiger partial charge in [-0.15, -0.1) is 0 Å². The highest BCUT2D eigenvalue weighted by molar-refractivity contribution is 6.32. The van der Waals surface area contributed by atoms with Crippen molar-refractivity contribution in [3.05, 3.63) is 69.7 Å². The van der Waals surface area contributed by atoms with Gasteiger partial charge in [0.25, 0.3) is 0 Å². The van der Waals surface area contributed by atoms with Crippen LogP contribution in [0.5, 0.6) is 0 Å². The maximum Gasteiger partial charge on any atom is 0.0446 e. The average molecular weight is 265 g/mol. The summed E-state index contributed by atoms with van der Waals surface area (Å²) in [6, 6.07) is 15.8. The Balaban J connectivity index is 2.58. The van der Waals surface area contributed by atoms with Crippen molar-refractivity contribution in [2.75, 3.05) is 0 Å². The van der Waals surface area contributed by atoms with Gasteiger partial charge in [-0.3, -0.25) is 0 Å². The van der Waals surface area contributed by atoms with E-state index in [-0.39, 0.29) is 5.41 Å². The summed E-state index contributed by atoms with van der Waals surface area (Å²) >= 11 is 12.5. The molecule has 0 bridgehead atoms. The molecule has 2 aromatic rings. The largest absolute Gasteiger partial charge is 0.0840 e. The molecule has 0 heterocycles. The maximum atomic E-state index is 6.27. The molecular weight excluding hydrogens is 251 g/mol.